The van der Waals surface area contributed by atoms with Crippen LogP contribution in [0.5, 0.6) is 0 Å². The highest BCUT2D eigenvalue weighted by Gasteiger charge is 2.18. The van der Waals surface area contributed by atoms with Gasteiger partial charge in [-0.15, -0.1) is 0 Å². The minimum absolute atomic E-state index is 0.0335. The van der Waals surface area contributed by atoms with E-state index in [9.17, 15) is 14.0 Å². The molecule has 1 saturated heterocycles. The zero-order valence-electron chi connectivity index (χ0n) is 14.1. The van der Waals surface area contributed by atoms with Crippen LogP contribution in [-0.2, 0) is 20.9 Å². The number of benzene rings is 1. The van der Waals surface area contributed by atoms with E-state index in [1.165, 1.54) is 12.1 Å². The van der Waals surface area contributed by atoms with Crippen molar-refractivity contribution in [3.05, 3.63) is 35.3 Å². The summed E-state index contributed by atoms with van der Waals surface area (Å²) in [5.41, 5.74) is 1.39. The average Bonchev–Trinajstić information content (AvgIpc) is 2.94. The first kappa shape index (κ1) is 17.4. The maximum Gasteiger partial charge on any atom is 0.223 e. The van der Waals surface area contributed by atoms with E-state index in [1.807, 2.05) is 6.92 Å². The minimum Gasteiger partial charge on any atom is -0.459 e. The third-order valence-corrected chi connectivity index (χ3v) is 4.37. The second-order valence-electron chi connectivity index (χ2n) is 6.06. The molecule has 1 aromatic heterocycles. The molecule has 1 aliphatic rings. The molecule has 2 heterocycles. The number of nitrogens with zero attached hydrogens (tertiary/aromatic N) is 1. The van der Waals surface area contributed by atoms with Crippen LogP contribution in [0.15, 0.2) is 22.6 Å². The molecule has 0 atom stereocenters. The van der Waals surface area contributed by atoms with Crippen molar-refractivity contribution in [2.24, 2.45) is 0 Å². The first-order valence-corrected chi connectivity index (χ1v) is 8.34. The Morgan fingerprint density at radius 1 is 1.24 bits per heavy atom. The molecule has 0 saturated carbocycles. The summed E-state index contributed by atoms with van der Waals surface area (Å²) in [5, 5.41) is 3.45. The van der Waals surface area contributed by atoms with E-state index >= 15 is 0 Å². The highest BCUT2D eigenvalue weighted by molar-refractivity contribution is 5.84. The van der Waals surface area contributed by atoms with Crippen LogP contribution in [0.4, 0.5) is 4.39 Å². The predicted molar refractivity (Wildman–Crippen MR) is 89.4 cm³/mol. The third-order valence-electron chi connectivity index (χ3n) is 4.37. The Kier molecular flexibility index (Phi) is 5.33. The number of rotatable bonds is 5. The summed E-state index contributed by atoms with van der Waals surface area (Å²) in [4.78, 5) is 25.7. The second kappa shape index (κ2) is 7.65. The third kappa shape index (κ3) is 4.17. The van der Waals surface area contributed by atoms with Gasteiger partial charge in [-0.3, -0.25) is 9.59 Å². The van der Waals surface area contributed by atoms with Crippen molar-refractivity contribution in [3.63, 3.8) is 0 Å². The van der Waals surface area contributed by atoms with E-state index in [0.717, 1.165) is 5.56 Å². The zero-order valence-corrected chi connectivity index (χ0v) is 14.1. The van der Waals surface area contributed by atoms with Crippen molar-refractivity contribution < 1.29 is 23.1 Å². The summed E-state index contributed by atoms with van der Waals surface area (Å²) >= 11 is 0. The van der Waals surface area contributed by atoms with Gasteiger partial charge in [0.2, 0.25) is 11.8 Å². The quantitative estimate of drug-likeness (QED) is 0.899. The van der Waals surface area contributed by atoms with E-state index in [2.05, 4.69) is 5.32 Å². The topological polar surface area (TPSA) is 71.8 Å². The first-order valence-electron chi connectivity index (χ1n) is 8.34. The highest BCUT2D eigenvalue weighted by atomic mass is 19.1. The standard InChI is InChI=1S/C18H21FN2O4/c1-12-14-10-13(19)2-3-15(14)25-16(12)11-20-17(22)4-5-18(23)21-6-8-24-9-7-21/h2-3,10H,4-9,11H2,1H3,(H,20,22). The van der Waals surface area contributed by atoms with E-state index in [1.54, 1.807) is 11.0 Å². The number of carbonyl (C=O) groups is 2. The van der Waals surface area contributed by atoms with Gasteiger partial charge in [0.15, 0.2) is 0 Å². The number of carbonyl (C=O) groups excluding carboxylic acids is 2. The van der Waals surface area contributed by atoms with Crippen LogP contribution in [0.1, 0.15) is 24.2 Å². The fourth-order valence-corrected chi connectivity index (χ4v) is 2.87. The monoisotopic (exact) mass is 348 g/mol. The second-order valence-corrected chi connectivity index (χ2v) is 6.06. The number of amides is 2. The molecule has 0 aliphatic carbocycles. The molecule has 25 heavy (non-hydrogen) atoms. The van der Waals surface area contributed by atoms with Crippen LogP contribution < -0.4 is 5.32 Å². The lowest BCUT2D eigenvalue weighted by atomic mass is 10.1. The maximum atomic E-state index is 13.3. The molecule has 0 unspecified atom stereocenters. The molecule has 1 aliphatic heterocycles. The van der Waals surface area contributed by atoms with E-state index in [0.29, 0.717) is 43.0 Å². The number of hydrogen-bond acceptors (Lipinski definition) is 4. The lowest BCUT2D eigenvalue weighted by Crippen LogP contribution is -2.41. The van der Waals surface area contributed by atoms with Gasteiger partial charge in [-0.25, -0.2) is 4.39 Å². The lowest BCUT2D eigenvalue weighted by Gasteiger charge is -2.26. The zero-order chi connectivity index (χ0) is 17.8. The van der Waals surface area contributed by atoms with Crippen LogP contribution in [0.3, 0.4) is 0 Å². The molecule has 3 rings (SSSR count). The highest BCUT2D eigenvalue weighted by Crippen LogP contribution is 2.25. The Labute approximate surface area is 144 Å². The van der Waals surface area contributed by atoms with Crippen molar-refractivity contribution in [2.45, 2.75) is 26.3 Å². The molecule has 0 bridgehead atoms. The van der Waals surface area contributed by atoms with Crippen LogP contribution >= 0.6 is 0 Å². The van der Waals surface area contributed by atoms with E-state index in [4.69, 9.17) is 9.15 Å². The molecule has 6 nitrogen and oxygen atoms in total. The minimum atomic E-state index is -0.325. The van der Waals surface area contributed by atoms with Gasteiger partial charge >= 0.3 is 0 Å². The number of aryl methyl sites for hydroxylation is 1. The Hall–Kier alpha value is -2.41. The van der Waals surface area contributed by atoms with Crippen molar-refractivity contribution >= 4 is 22.8 Å². The van der Waals surface area contributed by atoms with Gasteiger partial charge in [-0.1, -0.05) is 0 Å². The maximum absolute atomic E-state index is 13.3. The van der Waals surface area contributed by atoms with E-state index in [-0.39, 0.29) is 37.0 Å². The average molecular weight is 348 g/mol. The fourth-order valence-electron chi connectivity index (χ4n) is 2.87. The number of fused-ring (bicyclic) bond motifs is 1. The van der Waals surface area contributed by atoms with Gasteiger partial charge in [0.25, 0.3) is 0 Å². The molecule has 2 aromatic rings. The number of furan rings is 1. The molecule has 134 valence electrons. The van der Waals surface area contributed by atoms with Gasteiger partial charge in [-0.2, -0.15) is 0 Å². The van der Waals surface area contributed by atoms with Gasteiger partial charge in [0.05, 0.1) is 19.8 Å². The number of ether oxygens (including phenoxy) is 1. The van der Waals surface area contributed by atoms with E-state index < -0.39 is 0 Å². The largest absolute Gasteiger partial charge is 0.459 e. The molecule has 1 aromatic carbocycles. The Morgan fingerprint density at radius 3 is 2.76 bits per heavy atom. The Bertz CT molecular complexity index is 781. The normalized spacial score (nSPS) is 14.7. The van der Waals surface area contributed by atoms with Crippen LogP contribution in [0, 0.1) is 12.7 Å². The lowest BCUT2D eigenvalue weighted by molar-refractivity contribution is -0.137. The number of hydrogen-bond donors (Lipinski definition) is 1. The number of nitrogens with one attached hydrogen (secondary N) is 1. The molecule has 2 amide bonds. The molecule has 0 radical (unpaired) electrons. The summed E-state index contributed by atoms with van der Waals surface area (Å²) in [6.45, 7) is 4.29. The van der Waals surface area contributed by atoms with Gasteiger partial charge in [0, 0.05) is 36.9 Å². The summed E-state index contributed by atoms with van der Waals surface area (Å²) in [5.74, 6) is 0.0172. The predicted octanol–water partition coefficient (Wildman–Crippen LogP) is 2.14. The number of morpholine rings is 1. The SMILES string of the molecule is Cc1c(CNC(=O)CCC(=O)N2CCOCC2)oc2ccc(F)cc12. The van der Waals surface area contributed by atoms with Gasteiger partial charge in [-0.05, 0) is 25.1 Å². The van der Waals surface area contributed by atoms with Gasteiger partial charge in [0.1, 0.15) is 17.2 Å². The molecule has 1 N–H and O–H groups in total. The first-order chi connectivity index (χ1) is 12.0. The smallest absolute Gasteiger partial charge is 0.223 e. The number of halogens is 1. The van der Waals surface area contributed by atoms with Crippen molar-refractivity contribution in [1.29, 1.82) is 0 Å². The van der Waals surface area contributed by atoms with Crippen LogP contribution in [0.25, 0.3) is 11.0 Å². The van der Waals surface area contributed by atoms with Gasteiger partial charge < -0.3 is 19.4 Å². The van der Waals surface area contributed by atoms with Crippen LogP contribution in [-0.4, -0.2) is 43.0 Å². The van der Waals surface area contributed by atoms with Crippen molar-refractivity contribution in [1.82, 2.24) is 10.2 Å². The summed E-state index contributed by atoms with van der Waals surface area (Å²) in [6.07, 6.45) is 0.306. The fraction of sp³-hybridized carbons (Fsp3) is 0.444. The molecule has 1 fully saturated rings. The molecular weight excluding hydrogens is 327 g/mol. The Morgan fingerprint density at radius 2 is 2.00 bits per heavy atom. The van der Waals surface area contributed by atoms with Crippen molar-refractivity contribution in [2.75, 3.05) is 26.3 Å². The summed E-state index contributed by atoms with van der Waals surface area (Å²) in [6, 6.07) is 4.33. The van der Waals surface area contributed by atoms with Crippen LogP contribution in [0.2, 0.25) is 0 Å². The van der Waals surface area contributed by atoms with Crippen molar-refractivity contribution in [3.8, 4) is 0 Å². The molecule has 7 heteroatoms. The summed E-state index contributed by atoms with van der Waals surface area (Å²) < 4.78 is 24.2. The molecule has 0 spiro atoms. The summed E-state index contributed by atoms with van der Waals surface area (Å²) in [7, 11) is 0. The molecular formula is C18H21FN2O4. The Balaban J connectivity index is 1.50.